The van der Waals surface area contributed by atoms with E-state index in [2.05, 4.69) is 43.4 Å². The van der Waals surface area contributed by atoms with Crippen LogP contribution in [0.15, 0.2) is 12.3 Å². The Hall–Kier alpha value is -0.870. The van der Waals surface area contributed by atoms with Gasteiger partial charge in [0.1, 0.15) is 0 Å². The van der Waals surface area contributed by atoms with Crippen molar-refractivity contribution < 1.29 is 4.74 Å². The number of ether oxygens (including phenoxy) is 1. The van der Waals surface area contributed by atoms with Crippen LogP contribution in [0.25, 0.3) is 0 Å². The van der Waals surface area contributed by atoms with Crippen molar-refractivity contribution in [3.05, 3.63) is 18.0 Å². The Morgan fingerprint density at radius 1 is 1.43 bits per heavy atom. The third-order valence-corrected chi connectivity index (χ3v) is 4.15. The highest BCUT2D eigenvalue weighted by atomic mass is 16.5. The second-order valence-corrected chi connectivity index (χ2v) is 6.46. The van der Waals surface area contributed by atoms with Crippen molar-refractivity contribution >= 4 is 0 Å². The van der Waals surface area contributed by atoms with Gasteiger partial charge in [0.25, 0.3) is 0 Å². The maximum Gasteiger partial charge on any atom is 0.0640 e. The molecule has 0 spiro atoms. The second kappa shape index (κ2) is 8.54. The van der Waals surface area contributed by atoms with Gasteiger partial charge >= 0.3 is 0 Å². The fraction of sp³-hybridized carbons (Fsp3) is 0.824. The second-order valence-electron chi connectivity index (χ2n) is 6.46. The highest BCUT2D eigenvalue weighted by Gasteiger charge is 2.20. The SMILES string of the molecule is CCCNC(Cc1ccn(C(C)C)n1)CC1CCCCO1. The third-order valence-electron chi connectivity index (χ3n) is 4.15. The molecule has 1 aliphatic rings. The molecule has 120 valence electrons. The zero-order chi connectivity index (χ0) is 15.1. The minimum Gasteiger partial charge on any atom is -0.378 e. The molecule has 0 bridgehead atoms. The van der Waals surface area contributed by atoms with Crippen LogP contribution in [0.3, 0.4) is 0 Å². The van der Waals surface area contributed by atoms with Crippen molar-refractivity contribution in [1.82, 2.24) is 15.1 Å². The summed E-state index contributed by atoms with van der Waals surface area (Å²) in [6.07, 6.45) is 9.55. The first-order valence-corrected chi connectivity index (χ1v) is 8.58. The van der Waals surface area contributed by atoms with Crippen molar-refractivity contribution in [2.45, 2.75) is 77.5 Å². The lowest BCUT2D eigenvalue weighted by Crippen LogP contribution is -2.37. The zero-order valence-electron chi connectivity index (χ0n) is 13.8. The number of hydrogen-bond donors (Lipinski definition) is 1. The molecule has 0 radical (unpaired) electrons. The van der Waals surface area contributed by atoms with Crippen LogP contribution >= 0.6 is 0 Å². The summed E-state index contributed by atoms with van der Waals surface area (Å²) in [5, 5.41) is 8.36. The van der Waals surface area contributed by atoms with Gasteiger partial charge in [-0.2, -0.15) is 5.10 Å². The molecule has 1 aromatic heterocycles. The van der Waals surface area contributed by atoms with Crippen molar-refractivity contribution in [1.29, 1.82) is 0 Å². The van der Waals surface area contributed by atoms with Gasteiger partial charge in [-0.1, -0.05) is 6.92 Å². The molecule has 0 aliphatic carbocycles. The Morgan fingerprint density at radius 3 is 2.90 bits per heavy atom. The fourth-order valence-electron chi connectivity index (χ4n) is 2.92. The summed E-state index contributed by atoms with van der Waals surface area (Å²) in [6.45, 7) is 8.56. The molecule has 1 aromatic rings. The number of nitrogens with zero attached hydrogens (tertiary/aromatic N) is 2. The molecule has 2 rings (SSSR count). The lowest BCUT2D eigenvalue weighted by Gasteiger charge is -2.27. The van der Waals surface area contributed by atoms with E-state index >= 15 is 0 Å². The van der Waals surface area contributed by atoms with E-state index in [1.54, 1.807) is 0 Å². The van der Waals surface area contributed by atoms with E-state index in [1.165, 1.54) is 31.4 Å². The molecule has 2 heterocycles. The normalized spacial score (nSPS) is 20.9. The lowest BCUT2D eigenvalue weighted by atomic mass is 9.99. The molecular weight excluding hydrogens is 262 g/mol. The van der Waals surface area contributed by atoms with Crippen molar-refractivity contribution in [2.24, 2.45) is 0 Å². The van der Waals surface area contributed by atoms with Crippen LogP contribution in [0.5, 0.6) is 0 Å². The van der Waals surface area contributed by atoms with Crippen molar-refractivity contribution in [2.75, 3.05) is 13.2 Å². The first kappa shape index (κ1) is 16.5. The van der Waals surface area contributed by atoms with Crippen LogP contribution in [0.1, 0.15) is 64.6 Å². The van der Waals surface area contributed by atoms with E-state index in [0.717, 1.165) is 26.0 Å². The maximum absolute atomic E-state index is 5.90. The molecule has 1 aliphatic heterocycles. The molecule has 0 amide bonds. The predicted molar refractivity (Wildman–Crippen MR) is 86.6 cm³/mol. The summed E-state index contributed by atoms with van der Waals surface area (Å²) in [5.74, 6) is 0. The number of aromatic nitrogens is 2. The van der Waals surface area contributed by atoms with E-state index < -0.39 is 0 Å². The van der Waals surface area contributed by atoms with E-state index in [4.69, 9.17) is 4.74 Å². The largest absolute Gasteiger partial charge is 0.378 e. The van der Waals surface area contributed by atoms with Gasteiger partial charge in [-0.25, -0.2) is 0 Å². The molecule has 0 aromatic carbocycles. The first-order valence-electron chi connectivity index (χ1n) is 8.58. The van der Waals surface area contributed by atoms with Gasteiger partial charge in [0.2, 0.25) is 0 Å². The highest BCUT2D eigenvalue weighted by molar-refractivity contribution is 5.02. The van der Waals surface area contributed by atoms with Crippen LogP contribution in [-0.4, -0.2) is 35.1 Å². The fourth-order valence-corrected chi connectivity index (χ4v) is 2.92. The Kier molecular flexibility index (Phi) is 6.71. The Balaban J connectivity index is 1.90. The van der Waals surface area contributed by atoms with Gasteiger partial charge in [0.15, 0.2) is 0 Å². The van der Waals surface area contributed by atoms with Gasteiger partial charge in [-0.15, -0.1) is 0 Å². The first-order chi connectivity index (χ1) is 10.2. The van der Waals surface area contributed by atoms with Crippen LogP contribution in [0.2, 0.25) is 0 Å². The molecule has 0 saturated carbocycles. The minimum absolute atomic E-state index is 0.431. The van der Waals surface area contributed by atoms with Crippen LogP contribution in [-0.2, 0) is 11.2 Å². The van der Waals surface area contributed by atoms with E-state index in [0.29, 0.717) is 18.2 Å². The average Bonchev–Trinajstić information content (AvgIpc) is 2.94. The summed E-state index contributed by atoms with van der Waals surface area (Å²) < 4.78 is 7.95. The molecule has 2 unspecified atom stereocenters. The summed E-state index contributed by atoms with van der Waals surface area (Å²) in [6, 6.07) is 3.06. The van der Waals surface area contributed by atoms with Crippen LogP contribution in [0.4, 0.5) is 0 Å². The molecule has 1 fully saturated rings. The van der Waals surface area contributed by atoms with E-state index in [-0.39, 0.29) is 0 Å². The summed E-state index contributed by atoms with van der Waals surface area (Å²) in [5.41, 5.74) is 1.19. The Labute approximate surface area is 129 Å². The average molecular weight is 293 g/mol. The maximum atomic E-state index is 5.90. The number of hydrogen-bond acceptors (Lipinski definition) is 3. The molecule has 4 nitrogen and oxygen atoms in total. The molecular formula is C17H31N3O. The summed E-state index contributed by atoms with van der Waals surface area (Å²) in [7, 11) is 0. The standard InChI is InChI=1S/C17H31N3O/c1-4-9-18-16(13-17-7-5-6-11-21-17)12-15-8-10-20(19-15)14(2)3/h8,10,14,16-18H,4-7,9,11-13H2,1-3H3. The minimum atomic E-state index is 0.431. The van der Waals surface area contributed by atoms with E-state index in [9.17, 15) is 0 Å². The molecule has 1 saturated heterocycles. The van der Waals surface area contributed by atoms with Gasteiger partial charge in [-0.05, 0) is 58.6 Å². The summed E-state index contributed by atoms with van der Waals surface area (Å²) >= 11 is 0. The van der Waals surface area contributed by atoms with Gasteiger partial charge in [0, 0.05) is 31.3 Å². The predicted octanol–water partition coefficient (Wildman–Crippen LogP) is 3.33. The van der Waals surface area contributed by atoms with Gasteiger partial charge in [0.05, 0.1) is 11.8 Å². The topological polar surface area (TPSA) is 39.1 Å². The van der Waals surface area contributed by atoms with Crippen LogP contribution in [0, 0.1) is 0 Å². The third kappa shape index (κ3) is 5.44. The monoisotopic (exact) mass is 293 g/mol. The summed E-state index contributed by atoms with van der Waals surface area (Å²) in [4.78, 5) is 0. The highest BCUT2D eigenvalue weighted by Crippen LogP contribution is 2.19. The van der Waals surface area contributed by atoms with Gasteiger partial charge < -0.3 is 10.1 Å². The zero-order valence-corrected chi connectivity index (χ0v) is 13.8. The quantitative estimate of drug-likeness (QED) is 0.799. The molecule has 21 heavy (non-hydrogen) atoms. The molecule has 1 N–H and O–H groups in total. The van der Waals surface area contributed by atoms with Crippen molar-refractivity contribution in [3.63, 3.8) is 0 Å². The van der Waals surface area contributed by atoms with Crippen LogP contribution < -0.4 is 5.32 Å². The number of nitrogens with one attached hydrogen (secondary N) is 1. The lowest BCUT2D eigenvalue weighted by molar-refractivity contribution is 0.00520. The Morgan fingerprint density at radius 2 is 2.29 bits per heavy atom. The van der Waals surface area contributed by atoms with Gasteiger partial charge in [-0.3, -0.25) is 4.68 Å². The Bertz CT molecular complexity index is 396. The van der Waals surface area contributed by atoms with E-state index in [1.807, 2.05) is 4.68 Å². The number of rotatable bonds is 8. The molecule has 2 atom stereocenters. The smallest absolute Gasteiger partial charge is 0.0640 e. The molecule has 4 heteroatoms. The van der Waals surface area contributed by atoms with Crippen molar-refractivity contribution in [3.8, 4) is 0 Å².